The molecule has 0 aliphatic heterocycles. The van der Waals surface area contributed by atoms with Crippen LogP contribution in [0.2, 0.25) is 0 Å². The summed E-state index contributed by atoms with van der Waals surface area (Å²) in [5.74, 6) is -3.55. The molecule has 4 heteroatoms. The number of rotatable bonds is 0. The first-order valence-electron chi connectivity index (χ1n) is 2.73. The lowest BCUT2D eigenvalue weighted by molar-refractivity contribution is 0.451. The van der Waals surface area contributed by atoms with Gasteiger partial charge in [0.2, 0.25) is 0 Å². The predicted octanol–water partition coefficient (Wildman–Crippen LogP) is 0.0946. The molecule has 10 heavy (non-hydrogen) atoms. The zero-order valence-electron chi connectivity index (χ0n) is 5.29. The first-order chi connectivity index (χ1) is 4.63. The maximum atomic E-state index is 12.4. The highest BCUT2D eigenvalue weighted by Gasteiger charge is 2.08. The second-order valence-electron chi connectivity index (χ2n) is 1.99. The van der Waals surface area contributed by atoms with Crippen molar-refractivity contribution in [1.82, 2.24) is 0 Å². The van der Waals surface area contributed by atoms with Gasteiger partial charge in [0.05, 0.1) is 0 Å². The van der Waals surface area contributed by atoms with Crippen LogP contribution in [0.1, 0.15) is 0 Å². The Kier molecular flexibility index (Phi) is 1.80. The van der Waals surface area contributed by atoms with Gasteiger partial charge in [0, 0.05) is 10.2 Å². The SMILES string of the molecule is Fc1ccc([SiH3])c(F)c1F. The lowest BCUT2D eigenvalue weighted by atomic mass is 10.3. The Morgan fingerprint density at radius 1 is 1.00 bits per heavy atom. The summed E-state index contributed by atoms with van der Waals surface area (Å²) in [6.07, 6.45) is 0. The second-order valence-corrected chi connectivity index (χ2v) is 3.07. The molecular formula is C6H5F3Si. The van der Waals surface area contributed by atoms with Crippen LogP contribution in [0.25, 0.3) is 0 Å². The van der Waals surface area contributed by atoms with E-state index in [1.807, 2.05) is 0 Å². The van der Waals surface area contributed by atoms with E-state index < -0.39 is 17.5 Å². The van der Waals surface area contributed by atoms with Crippen molar-refractivity contribution in [3.8, 4) is 0 Å². The van der Waals surface area contributed by atoms with Crippen molar-refractivity contribution in [2.45, 2.75) is 0 Å². The molecule has 0 saturated carbocycles. The van der Waals surface area contributed by atoms with Crippen LogP contribution in [0.4, 0.5) is 13.2 Å². The van der Waals surface area contributed by atoms with Crippen LogP contribution in [0.3, 0.4) is 0 Å². The van der Waals surface area contributed by atoms with Gasteiger partial charge in [-0.3, -0.25) is 0 Å². The van der Waals surface area contributed by atoms with Gasteiger partial charge in [-0.25, -0.2) is 13.2 Å². The van der Waals surface area contributed by atoms with Gasteiger partial charge in [-0.05, 0) is 11.3 Å². The van der Waals surface area contributed by atoms with E-state index >= 15 is 0 Å². The lowest BCUT2D eigenvalue weighted by Gasteiger charge is -1.96. The Balaban J connectivity index is 3.34. The van der Waals surface area contributed by atoms with Crippen molar-refractivity contribution in [3.63, 3.8) is 0 Å². The molecule has 0 aliphatic rings. The van der Waals surface area contributed by atoms with E-state index in [9.17, 15) is 13.2 Å². The van der Waals surface area contributed by atoms with E-state index in [0.717, 1.165) is 6.07 Å². The van der Waals surface area contributed by atoms with Gasteiger partial charge in [-0.2, -0.15) is 0 Å². The third-order valence-electron chi connectivity index (χ3n) is 1.23. The van der Waals surface area contributed by atoms with E-state index in [1.165, 1.54) is 6.07 Å². The molecule has 1 aromatic carbocycles. The molecule has 0 saturated heterocycles. The first-order valence-corrected chi connectivity index (χ1v) is 3.73. The molecule has 0 unspecified atom stereocenters. The summed E-state index contributed by atoms with van der Waals surface area (Å²) in [7, 11) is 0.391. The van der Waals surface area contributed by atoms with E-state index in [1.54, 1.807) is 0 Å². The molecule has 0 N–H and O–H groups in total. The van der Waals surface area contributed by atoms with Crippen molar-refractivity contribution in [2.75, 3.05) is 0 Å². The molecule has 0 aromatic heterocycles. The van der Waals surface area contributed by atoms with E-state index in [4.69, 9.17) is 0 Å². The average Bonchev–Trinajstić information content (AvgIpc) is 1.93. The third-order valence-corrected chi connectivity index (χ3v) is 2.00. The summed E-state index contributed by atoms with van der Waals surface area (Å²) in [6, 6.07) is 2.18. The van der Waals surface area contributed by atoms with Gasteiger partial charge in [-0.1, -0.05) is 6.07 Å². The predicted molar refractivity (Wildman–Crippen MR) is 35.9 cm³/mol. The van der Waals surface area contributed by atoms with Gasteiger partial charge < -0.3 is 0 Å². The number of benzene rings is 1. The molecule has 0 amide bonds. The number of hydrogen-bond acceptors (Lipinski definition) is 0. The molecular weight excluding hydrogens is 157 g/mol. The highest BCUT2D eigenvalue weighted by Crippen LogP contribution is 2.05. The molecule has 0 nitrogen and oxygen atoms in total. The quantitative estimate of drug-likeness (QED) is 0.375. The van der Waals surface area contributed by atoms with Crippen LogP contribution in [-0.4, -0.2) is 10.2 Å². The van der Waals surface area contributed by atoms with E-state index in [0.29, 0.717) is 10.2 Å². The molecule has 0 spiro atoms. The zero-order chi connectivity index (χ0) is 7.72. The normalized spacial score (nSPS) is 10.3. The fourth-order valence-electron chi connectivity index (χ4n) is 0.622. The molecule has 0 bridgehead atoms. The van der Waals surface area contributed by atoms with Crippen LogP contribution in [-0.2, 0) is 0 Å². The van der Waals surface area contributed by atoms with Gasteiger partial charge in [0.25, 0.3) is 0 Å². The third kappa shape index (κ3) is 1.06. The molecule has 0 radical (unpaired) electrons. The maximum absolute atomic E-state index is 12.4. The molecule has 1 rings (SSSR count). The standard InChI is InChI=1S/C6H5F3Si/c7-3-1-2-4(10)6(9)5(3)8/h1-2H,10H3. The van der Waals surface area contributed by atoms with E-state index in [2.05, 4.69) is 0 Å². The average molecular weight is 162 g/mol. The van der Waals surface area contributed by atoms with Crippen molar-refractivity contribution >= 4 is 15.4 Å². The molecule has 0 heterocycles. The largest absolute Gasteiger partial charge is 0.204 e. The van der Waals surface area contributed by atoms with Crippen LogP contribution in [0.15, 0.2) is 12.1 Å². The van der Waals surface area contributed by atoms with Crippen LogP contribution >= 0.6 is 0 Å². The molecule has 0 fully saturated rings. The monoisotopic (exact) mass is 162 g/mol. The summed E-state index contributed by atoms with van der Waals surface area (Å²) >= 11 is 0. The van der Waals surface area contributed by atoms with Crippen molar-refractivity contribution < 1.29 is 13.2 Å². The summed E-state index contributed by atoms with van der Waals surface area (Å²) in [6.45, 7) is 0. The minimum atomic E-state index is -1.37. The molecule has 0 atom stereocenters. The Bertz CT molecular complexity index is 232. The highest BCUT2D eigenvalue weighted by atomic mass is 28.1. The Morgan fingerprint density at radius 2 is 1.60 bits per heavy atom. The van der Waals surface area contributed by atoms with Crippen LogP contribution < -0.4 is 5.19 Å². The minimum Gasteiger partial charge on any atom is -0.204 e. The lowest BCUT2D eigenvalue weighted by Crippen LogP contribution is -2.11. The summed E-state index contributed by atoms with van der Waals surface area (Å²) in [4.78, 5) is 0. The Morgan fingerprint density at radius 3 is 2.10 bits per heavy atom. The molecule has 1 aromatic rings. The van der Waals surface area contributed by atoms with Gasteiger partial charge >= 0.3 is 0 Å². The van der Waals surface area contributed by atoms with Gasteiger partial charge in [0.1, 0.15) is 0 Å². The maximum Gasteiger partial charge on any atom is 0.194 e. The Labute approximate surface area is 59.1 Å². The molecule has 0 aliphatic carbocycles. The topological polar surface area (TPSA) is 0 Å². The fraction of sp³-hybridized carbons (Fsp3) is 0. The number of halogens is 3. The van der Waals surface area contributed by atoms with Gasteiger partial charge in [0.15, 0.2) is 17.5 Å². The number of hydrogen-bond donors (Lipinski definition) is 0. The highest BCUT2D eigenvalue weighted by molar-refractivity contribution is 6.32. The second kappa shape index (κ2) is 2.46. The summed E-state index contributed by atoms with van der Waals surface area (Å²) < 4.78 is 36.8. The Hall–Kier alpha value is -0.773. The smallest absolute Gasteiger partial charge is 0.194 e. The molecule has 54 valence electrons. The fourth-order valence-corrected chi connectivity index (χ4v) is 1.01. The van der Waals surface area contributed by atoms with Gasteiger partial charge in [-0.15, -0.1) is 0 Å². The zero-order valence-corrected chi connectivity index (χ0v) is 7.29. The minimum absolute atomic E-state index is 0.249. The van der Waals surface area contributed by atoms with Crippen LogP contribution in [0.5, 0.6) is 0 Å². The van der Waals surface area contributed by atoms with Crippen molar-refractivity contribution in [2.24, 2.45) is 0 Å². The summed E-state index contributed by atoms with van der Waals surface area (Å²) in [5, 5.41) is 0.249. The van der Waals surface area contributed by atoms with Crippen molar-refractivity contribution in [3.05, 3.63) is 29.6 Å². The van der Waals surface area contributed by atoms with Crippen molar-refractivity contribution in [1.29, 1.82) is 0 Å². The van der Waals surface area contributed by atoms with Crippen LogP contribution in [0, 0.1) is 17.5 Å². The summed E-state index contributed by atoms with van der Waals surface area (Å²) in [5.41, 5.74) is 0. The van der Waals surface area contributed by atoms with E-state index in [-0.39, 0.29) is 5.19 Å². The first kappa shape index (κ1) is 7.34.